The van der Waals surface area contributed by atoms with Gasteiger partial charge in [-0.05, 0) is 30.9 Å². The molecule has 0 aliphatic heterocycles. The molecule has 0 unspecified atom stereocenters. The molecule has 0 atom stereocenters. The van der Waals surface area contributed by atoms with Gasteiger partial charge in [-0.15, -0.1) is 0 Å². The number of ether oxygens (including phenoxy) is 1. The van der Waals surface area contributed by atoms with Gasteiger partial charge < -0.3 is 9.84 Å². The fourth-order valence-electron chi connectivity index (χ4n) is 2.36. The molecule has 5 heteroatoms. The number of aryl methyl sites for hydroxylation is 1. The molecule has 1 aromatic rings. The van der Waals surface area contributed by atoms with Crippen molar-refractivity contribution in [1.82, 2.24) is 0 Å². The Bertz CT molecular complexity index is 514. The highest BCUT2D eigenvalue weighted by atomic mass is 16.5. The number of aromatic carboxylic acids is 1. The van der Waals surface area contributed by atoms with Crippen molar-refractivity contribution in [3.05, 3.63) is 29.3 Å². The summed E-state index contributed by atoms with van der Waals surface area (Å²) in [5.41, 5.74) is 1.21. The molecule has 0 aliphatic rings. The van der Waals surface area contributed by atoms with Crippen LogP contribution in [0.3, 0.4) is 0 Å². The van der Waals surface area contributed by atoms with Crippen molar-refractivity contribution in [1.29, 1.82) is 0 Å². The number of unbranched alkanes of at least 4 members (excludes halogenated alkanes) is 4. The SMILES string of the molecule is CCCCCCc1cccc(NC(=O)OCCCC)c1C(=O)O. The Hall–Kier alpha value is -2.04. The van der Waals surface area contributed by atoms with Crippen LogP contribution in [0.2, 0.25) is 0 Å². The standard InChI is InChI=1S/C18H27NO4/c1-3-5-7-8-10-14-11-9-12-15(16(14)17(20)21)19-18(22)23-13-6-4-2/h9,11-12H,3-8,10,13H2,1-2H3,(H,19,22)(H,20,21). The Morgan fingerprint density at radius 3 is 2.48 bits per heavy atom. The number of carbonyl (C=O) groups is 2. The third kappa shape index (κ3) is 6.72. The molecule has 0 saturated heterocycles. The number of benzene rings is 1. The van der Waals surface area contributed by atoms with Gasteiger partial charge in [-0.25, -0.2) is 9.59 Å². The van der Waals surface area contributed by atoms with E-state index in [1.807, 2.05) is 13.0 Å². The van der Waals surface area contributed by atoms with Crippen molar-refractivity contribution >= 4 is 17.7 Å². The number of carboxylic acids is 1. The van der Waals surface area contributed by atoms with Gasteiger partial charge in [0.1, 0.15) is 0 Å². The second-order valence-electron chi connectivity index (χ2n) is 5.57. The van der Waals surface area contributed by atoms with Crippen molar-refractivity contribution in [2.75, 3.05) is 11.9 Å². The van der Waals surface area contributed by atoms with Gasteiger partial charge in [-0.2, -0.15) is 0 Å². The summed E-state index contributed by atoms with van der Waals surface area (Å²) in [4.78, 5) is 23.3. The lowest BCUT2D eigenvalue weighted by Crippen LogP contribution is -2.17. The summed E-state index contributed by atoms with van der Waals surface area (Å²) < 4.78 is 5.03. The summed E-state index contributed by atoms with van der Waals surface area (Å²) in [5, 5.41) is 12.0. The topological polar surface area (TPSA) is 75.6 Å². The molecule has 0 spiro atoms. The first-order valence-corrected chi connectivity index (χ1v) is 8.39. The van der Waals surface area contributed by atoms with E-state index in [-0.39, 0.29) is 5.56 Å². The largest absolute Gasteiger partial charge is 0.478 e. The van der Waals surface area contributed by atoms with E-state index in [2.05, 4.69) is 12.2 Å². The normalized spacial score (nSPS) is 10.3. The molecule has 1 aromatic carbocycles. The van der Waals surface area contributed by atoms with E-state index in [4.69, 9.17) is 4.74 Å². The third-order valence-corrected chi connectivity index (χ3v) is 3.63. The molecule has 1 amide bonds. The highest BCUT2D eigenvalue weighted by Crippen LogP contribution is 2.22. The fraction of sp³-hybridized carbons (Fsp3) is 0.556. The fourth-order valence-corrected chi connectivity index (χ4v) is 2.36. The van der Waals surface area contributed by atoms with Crippen LogP contribution in [0.1, 0.15) is 68.3 Å². The van der Waals surface area contributed by atoms with Crippen LogP contribution in [-0.2, 0) is 11.2 Å². The predicted molar refractivity (Wildman–Crippen MR) is 91.1 cm³/mol. The van der Waals surface area contributed by atoms with E-state index < -0.39 is 12.1 Å². The summed E-state index contributed by atoms with van der Waals surface area (Å²) in [6, 6.07) is 5.17. The average molecular weight is 321 g/mol. The van der Waals surface area contributed by atoms with Gasteiger partial charge in [0.2, 0.25) is 0 Å². The maximum atomic E-state index is 11.7. The highest BCUT2D eigenvalue weighted by molar-refractivity contribution is 6.00. The molecule has 0 aromatic heterocycles. The van der Waals surface area contributed by atoms with Gasteiger partial charge in [0, 0.05) is 0 Å². The van der Waals surface area contributed by atoms with Gasteiger partial charge in [0.05, 0.1) is 17.9 Å². The van der Waals surface area contributed by atoms with Gasteiger partial charge >= 0.3 is 12.1 Å². The number of amides is 1. The van der Waals surface area contributed by atoms with Gasteiger partial charge in [-0.1, -0.05) is 51.7 Å². The first kappa shape index (κ1) is 19.0. The average Bonchev–Trinajstić information content (AvgIpc) is 2.51. The van der Waals surface area contributed by atoms with E-state index >= 15 is 0 Å². The van der Waals surface area contributed by atoms with Crippen LogP contribution in [0.5, 0.6) is 0 Å². The van der Waals surface area contributed by atoms with Crippen molar-refractivity contribution in [2.24, 2.45) is 0 Å². The Labute approximate surface area is 138 Å². The molecule has 23 heavy (non-hydrogen) atoms. The number of hydrogen-bond acceptors (Lipinski definition) is 3. The maximum absolute atomic E-state index is 11.7. The number of anilines is 1. The minimum atomic E-state index is -1.03. The van der Waals surface area contributed by atoms with Crippen molar-refractivity contribution in [3.63, 3.8) is 0 Å². The molecule has 0 heterocycles. The lowest BCUT2D eigenvalue weighted by atomic mass is 9.99. The van der Waals surface area contributed by atoms with Crippen LogP contribution in [0.4, 0.5) is 10.5 Å². The van der Waals surface area contributed by atoms with Crippen molar-refractivity contribution < 1.29 is 19.4 Å². The Balaban J connectivity index is 2.78. The zero-order valence-corrected chi connectivity index (χ0v) is 14.1. The van der Waals surface area contributed by atoms with Gasteiger partial charge in [0.25, 0.3) is 0 Å². The summed E-state index contributed by atoms with van der Waals surface area (Å²) in [6.07, 6.45) is 6.11. The van der Waals surface area contributed by atoms with Crippen molar-refractivity contribution in [3.8, 4) is 0 Å². The first-order valence-electron chi connectivity index (χ1n) is 8.39. The molecule has 5 nitrogen and oxygen atoms in total. The quantitative estimate of drug-likeness (QED) is 0.604. The Morgan fingerprint density at radius 2 is 1.83 bits per heavy atom. The predicted octanol–water partition coefficient (Wildman–Crippen LogP) is 4.86. The highest BCUT2D eigenvalue weighted by Gasteiger charge is 2.17. The van der Waals surface area contributed by atoms with E-state index in [9.17, 15) is 14.7 Å². The second kappa shape index (κ2) is 10.6. The van der Waals surface area contributed by atoms with Gasteiger partial charge in [0.15, 0.2) is 0 Å². The van der Waals surface area contributed by atoms with E-state index in [1.54, 1.807) is 12.1 Å². The van der Waals surface area contributed by atoms with Crippen LogP contribution in [0.25, 0.3) is 0 Å². The molecule has 0 radical (unpaired) electrons. The molecular weight excluding hydrogens is 294 g/mol. The summed E-state index contributed by atoms with van der Waals surface area (Å²) in [6.45, 7) is 4.48. The van der Waals surface area contributed by atoms with E-state index in [0.29, 0.717) is 18.7 Å². The maximum Gasteiger partial charge on any atom is 0.411 e. The van der Waals surface area contributed by atoms with E-state index in [0.717, 1.165) is 44.1 Å². The zero-order valence-electron chi connectivity index (χ0n) is 14.1. The molecule has 128 valence electrons. The number of carbonyl (C=O) groups excluding carboxylic acids is 1. The van der Waals surface area contributed by atoms with Crippen LogP contribution < -0.4 is 5.32 Å². The molecule has 0 fully saturated rings. The molecule has 2 N–H and O–H groups in total. The zero-order chi connectivity index (χ0) is 17.1. The van der Waals surface area contributed by atoms with Crippen LogP contribution in [0, 0.1) is 0 Å². The summed E-state index contributed by atoms with van der Waals surface area (Å²) in [5.74, 6) is -1.03. The number of nitrogens with one attached hydrogen (secondary N) is 1. The molecule has 0 aliphatic carbocycles. The number of rotatable bonds is 10. The Kier molecular flexibility index (Phi) is 8.80. The van der Waals surface area contributed by atoms with Gasteiger partial charge in [-0.3, -0.25) is 5.32 Å². The smallest absolute Gasteiger partial charge is 0.411 e. The van der Waals surface area contributed by atoms with E-state index in [1.165, 1.54) is 0 Å². The lowest BCUT2D eigenvalue weighted by molar-refractivity contribution is 0.0697. The van der Waals surface area contributed by atoms with Crippen molar-refractivity contribution in [2.45, 2.75) is 58.8 Å². The first-order chi connectivity index (χ1) is 11.1. The molecular formula is C18H27NO4. The molecule has 0 saturated carbocycles. The third-order valence-electron chi connectivity index (χ3n) is 3.63. The molecule has 0 bridgehead atoms. The number of carboxylic acid groups (broad SMARTS) is 1. The van der Waals surface area contributed by atoms with Crippen LogP contribution in [0.15, 0.2) is 18.2 Å². The Morgan fingerprint density at radius 1 is 1.09 bits per heavy atom. The monoisotopic (exact) mass is 321 g/mol. The van der Waals surface area contributed by atoms with Crippen LogP contribution in [-0.4, -0.2) is 23.8 Å². The summed E-state index contributed by atoms with van der Waals surface area (Å²) in [7, 11) is 0. The summed E-state index contributed by atoms with van der Waals surface area (Å²) >= 11 is 0. The molecule has 1 rings (SSSR count). The number of hydrogen-bond donors (Lipinski definition) is 2. The minimum Gasteiger partial charge on any atom is -0.478 e. The minimum absolute atomic E-state index is 0.163. The lowest BCUT2D eigenvalue weighted by Gasteiger charge is -2.13. The second-order valence-corrected chi connectivity index (χ2v) is 5.57. The van der Waals surface area contributed by atoms with Crippen LogP contribution >= 0.6 is 0 Å².